The second-order valence-corrected chi connectivity index (χ2v) is 9.84. The van der Waals surface area contributed by atoms with E-state index >= 15 is 0 Å². The standard InChI is InChI=1S/C25H24N4O6S2/c1-14(30)35-12-17-13-37-24-20(28-19(36)11-15-7-9-26-10-8-15)23(32)29(24)21(17)22(31)27-18-5-3-16(4-6-18)25(33)34-2/h3-10,20,24H,11-13H2,1-2H3,(H,27,31)(H,28,36)/t20-,24-/m1/s1. The summed E-state index contributed by atoms with van der Waals surface area (Å²) in [6, 6.07) is 9.28. The van der Waals surface area contributed by atoms with Crippen molar-refractivity contribution >= 4 is 58.4 Å². The van der Waals surface area contributed by atoms with Crippen molar-refractivity contribution in [2.75, 3.05) is 24.8 Å². The minimum atomic E-state index is -0.586. The number of hydrogen-bond acceptors (Lipinski definition) is 9. The van der Waals surface area contributed by atoms with Gasteiger partial charge in [0.05, 0.1) is 17.7 Å². The molecule has 2 aromatic rings. The molecule has 192 valence electrons. The van der Waals surface area contributed by atoms with Crippen LogP contribution in [-0.4, -0.2) is 69.5 Å². The number of thioether (sulfide) groups is 1. The lowest BCUT2D eigenvalue weighted by atomic mass is 10.0. The summed E-state index contributed by atoms with van der Waals surface area (Å²) < 4.78 is 9.84. The molecule has 0 radical (unpaired) electrons. The van der Waals surface area contributed by atoms with E-state index in [0.29, 0.717) is 34.0 Å². The van der Waals surface area contributed by atoms with Gasteiger partial charge in [-0.05, 0) is 42.0 Å². The lowest BCUT2D eigenvalue weighted by molar-refractivity contribution is -0.144. The molecule has 3 heterocycles. The lowest BCUT2D eigenvalue weighted by Crippen LogP contribution is -2.70. The van der Waals surface area contributed by atoms with Crippen LogP contribution in [0.2, 0.25) is 0 Å². The molecule has 0 bridgehead atoms. The van der Waals surface area contributed by atoms with Gasteiger partial charge in [0, 0.05) is 42.8 Å². The lowest BCUT2D eigenvalue weighted by Gasteiger charge is -2.50. The van der Waals surface area contributed by atoms with E-state index in [2.05, 4.69) is 20.4 Å². The Morgan fingerprint density at radius 3 is 2.51 bits per heavy atom. The Labute approximate surface area is 222 Å². The number of β-lactam (4-membered cyclic amide) rings is 1. The van der Waals surface area contributed by atoms with E-state index in [0.717, 1.165) is 5.56 Å². The third-order valence-electron chi connectivity index (χ3n) is 5.71. The third-order valence-corrected chi connectivity index (χ3v) is 7.31. The number of nitrogens with zero attached hydrogens (tertiary/aromatic N) is 2. The van der Waals surface area contributed by atoms with Crippen LogP contribution < -0.4 is 10.6 Å². The van der Waals surface area contributed by atoms with Crippen LogP contribution >= 0.6 is 24.0 Å². The Kier molecular flexibility index (Phi) is 8.19. The van der Waals surface area contributed by atoms with Crippen LogP contribution in [0.15, 0.2) is 60.1 Å². The number of thiocarbonyl (C=S) groups is 1. The molecule has 2 amide bonds. The molecule has 1 fully saturated rings. The van der Waals surface area contributed by atoms with Crippen molar-refractivity contribution in [2.45, 2.75) is 24.8 Å². The fraction of sp³-hybridized carbons (Fsp3) is 0.280. The first-order valence-corrected chi connectivity index (χ1v) is 12.7. The number of amides is 2. The van der Waals surface area contributed by atoms with Gasteiger partial charge in [0.15, 0.2) is 0 Å². The zero-order valence-electron chi connectivity index (χ0n) is 20.1. The Morgan fingerprint density at radius 1 is 1.16 bits per heavy atom. The van der Waals surface area contributed by atoms with Crippen LogP contribution in [0.3, 0.4) is 0 Å². The number of carbonyl (C=O) groups is 4. The third kappa shape index (κ3) is 5.97. The first kappa shape index (κ1) is 26.3. The largest absolute Gasteiger partial charge is 0.465 e. The smallest absolute Gasteiger partial charge is 0.337 e. The van der Waals surface area contributed by atoms with Crippen LogP contribution in [0, 0.1) is 0 Å². The molecule has 2 N–H and O–H groups in total. The van der Waals surface area contributed by atoms with E-state index in [1.165, 1.54) is 42.8 Å². The van der Waals surface area contributed by atoms with Crippen molar-refractivity contribution in [1.82, 2.24) is 15.2 Å². The Bertz CT molecular complexity index is 1270. The number of nitrogens with one attached hydrogen (secondary N) is 2. The molecule has 1 saturated heterocycles. The Balaban J connectivity index is 1.50. The number of methoxy groups -OCH3 is 1. The average molecular weight is 541 g/mol. The Hall–Kier alpha value is -3.77. The molecule has 2 atom stereocenters. The first-order chi connectivity index (χ1) is 17.8. The summed E-state index contributed by atoms with van der Waals surface area (Å²) in [5.41, 5.74) is 2.39. The molecule has 0 aliphatic carbocycles. The summed E-state index contributed by atoms with van der Waals surface area (Å²) in [6.45, 7) is 1.17. The number of carbonyl (C=O) groups excluding carboxylic acids is 4. The minimum Gasteiger partial charge on any atom is -0.465 e. The van der Waals surface area contributed by atoms with E-state index in [1.807, 2.05) is 12.1 Å². The molecule has 2 aliphatic heterocycles. The fourth-order valence-corrected chi connectivity index (χ4v) is 5.53. The second kappa shape index (κ2) is 11.5. The number of fused-ring (bicyclic) bond motifs is 1. The zero-order chi connectivity index (χ0) is 26.5. The highest BCUT2D eigenvalue weighted by Gasteiger charge is 2.53. The van der Waals surface area contributed by atoms with Crippen molar-refractivity contribution in [2.24, 2.45) is 0 Å². The highest BCUT2D eigenvalue weighted by atomic mass is 32.2. The molecule has 0 unspecified atom stereocenters. The van der Waals surface area contributed by atoms with Gasteiger partial charge in [-0.25, -0.2) is 4.79 Å². The number of aromatic nitrogens is 1. The van der Waals surface area contributed by atoms with E-state index < -0.39 is 23.9 Å². The van der Waals surface area contributed by atoms with Crippen molar-refractivity contribution in [3.63, 3.8) is 0 Å². The maximum Gasteiger partial charge on any atom is 0.337 e. The molecular weight excluding hydrogens is 516 g/mol. The molecule has 12 heteroatoms. The summed E-state index contributed by atoms with van der Waals surface area (Å²) in [6.07, 6.45) is 3.81. The van der Waals surface area contributed by atoms with Gasteiger partial charge in [-0.3, -0.25) is 24.3 Å². The second-order valence-electron chi connectivity index (χ2n) is 8.24. The first-order valence-electron chi connectivity index (χ1n) is 11.3. The number of pyridine rings is 1. The van der Waals surface area contributed by atoms with Crippen LogP contribution in [0.5, 0.6) is 0 Å². The predicted molar refractivity (Wildman–Crippen MR) is 141 cm³/mol. The SMILES string of the molecule is COC(=O)c1ccc(NC(=O)C2=C(COC(C)=O)CS[C@@H]3[C@H](NC(=S)Cc4ccncc4)C(=O)N23)cc1. The van der Waals surface area contributed by atoms with Crippen molar-refractivity contribution in [3.05, 3.63) is 71.2 Å². The van der Waals surface area contributed by atoms with Gasteiger partial charge in [0.2, 0.25) is 0 Å². The van der Waals surface area contributed by atoms with E-state index in [-0.39, 0.29) is 23.6 Å². The monoisotopic (exact) mass is 540 g/mol. The van der Waals surface area contributed by atoms with E-state index in [4.69, 9.17) is 17.0 Å². The van der Waals surface area contributed by atoms with Gasteiger partial charge < -0.3 is 20.1 Å². The molecule has 0 saturated carbocycles. The van der Waals surface area contributed by atoms with Gasteiger partial charge in [0.25, 0.3) is 11.8 Å². The predicted octanol–water partition coefficient (Wildman–Crippen LogP) is 2.07. The molecule has 0 spiro atoms. The summed E-state index contributed by atoms with van der Waals surface area (Å²) >= 11 is 6.93. The number of anilines is 1. The highest BCUT2D eigenvalue weighted by Crippen LogP contribution is 2.40. The van der Waals surface area contributed by atoms with Crippen molar-refractivity contribution < 1.29 is 28.7 Å². The number of ether oxygens (including phenoxy) is 2. The summed E-state index contributed by atoms with van der Waals surface area (Å²) in [4.78, 5) is 55.5. The van der Waals surface area contributed by atoms with Crippen LogP contribution in [-0.2, 0) is 30.3 Å². The molecule has 10 nitrogen and oxygen atoms in total. The Morgan fingerprint density at radius 2 is 1.86 bits per heavy atom. The zero-order valence-corrected chi connectivity index (χ0v) is 21.7. The quantitative estimate of drug-likeness (QED) is 0.292. The fourth-order valence-electron chi connectivity index (χ4n) is 3.91. The summed E-state index contributed by atoms with van der Waals surface area (Å²) in [5.74, 6) is -1.43. The molecule has 37 heavy (non-hydrogen) atoms. The topological polar surface area (TPSA) is 127 Å². The van der Waals surface area contributed by atoms with Gasteiger partial charge in [-0.1, -0.05) is 12.2 Å². The number of rotatable bonds is 8. The normalized spacial score (nSPS) is 18.3. The van der Waals surface area contributed by atoms with E-state index in [9.17, 15) is 19.2 Å². The van der Waals surface area contributed by atoms with Crippen molar-refractivity contribution in [3.8, 4) is 0 Å². The van der Waals surface area contributed by atoms with Crippen LogP contribution in [0.25, 0.3) is 0 Å². The number of esters is 2. The van der Waals surface area contributed by atoms with Gasteiger partial charge >= 0.3 is 11.9 Å². The summed E-state index contributed by atoms with van der Waals surface area (Å²) in [7, 11) is 1.28. The molecule has 1 aromatic carbocycles. The number of benzene rings is 1. The van der Waals surface area contributed by atoms with Crippen molar-refractivity contribution in [1.29, 1.82) is 0 Å². The minimum absolute atomic E-state index is 0.110. The van der Waals surface area contributed by atoms with E-state index in [1.54, 1.807) is 24.5 Å². The van der Waals surface area contributed by atoms with Gasteiger partial charge in [0.1, 0.15) is 23.7 Å². The van der Waals surface area contributed by atoms with Gasteiger partial charge in [-0.2, -0.15) is 0 Å². The van der Waals surface area contributed by atoms with Crippen LogP contribution in [0.1, 0.15) is 22.8 Å². The molecule has 2 aliphatic rings. The maximum atomic E-state index is 13.3. The molecule has 1 aromatic heterocycles. The highest BCUT2D eigenvalue weighted by molar-refractivity contribution is 8.00. The summed E-state index contributed by atoms with van der Waals surface area (Å²) in [5, 5.41) is 5.53. The molecule has 4 rings (SSSR count). The number of hydrogen-bond donors (Lipinski definition) is 2. The maximum absolute atomic E-state index is 13.3. The average Bonchev–Trinajstić information content (AvgIpc) is 2.90. The van der Waals surface area contributed by atoms with Crippen LogP contribution in [0.4, 0.5) is 5.69 Å². The molecular formula is C25H24N4O6S2. The van der Waals surface area contributed by atoms with Gasteiger partial charge in [-0.15, -0.1) is 11.8 Å².